The van der Waals surface area contributed by atoms with Gasteiger partial charge in [-0.05, 0) is 12.8 Å². The molecule has 0 aromatic heterocycles. The number of urea groups is 1. The Bertz CT molecular complexity index is 254. The van der Waals surface area contributed by atoms with Crippen LogP contribution in [-0.2, 0) is 14.3 Å². The summed E-state index contributed by atoms with van der Waals surface area (Å²) in [6, 6.07) is -0.472. The van der Waals surface area contributed by atoms with Gasteiger partial charge in [0, 0.05) is 13.0 Å². The van der Waals surface area contributed by atoms with Gasteiger partial charge < -0.3 is 20.5 Å². The molecule has 0 rings (SSSR count). The molecule has 0 aliphatic heterocycles. The SMILES string of the molecule is COC(=O)CNC(=O)NCCCCC(=O)O. The van der Waals surface area contributed by atoms with Gasteiger partial charge in [0.1, 0.15) is 6.54 Å². The molecule has 0 aliphatic rings. The first-order valence-electron chi connectivity index (χ1n) is 4.86. The number of ether oxygens (including phenoxy) is 1. The second-order valence-electron chi connectivity index (χ2n) is 3.04. The van der Waals surface area contributed by atoms with Crippen molar-refractivity contribution in [3.8, 4) is 0 Å². The lowest BCUT2D eigenvalue weighted by Crippen LogP contribution is -2.39. The third kappa shape index (κ3) is 8.79. The lowest BCUT2D eigenvalue weighted by Gasteiger charge is -2.05. The molecule has 0 saturated carbocycles. The third-order valence-corrected chi connectivity index (χ3v) is 1.72. The van der Waals surface area contributed by atoms with Crippen molar-refractivity contribution in [2.24, 2.45) is 0 Å². The number of carbonyl (C=O) groups excluding carboxylic acids is 2. The number of amides is 2. The monoisotopic (exact) mass is 232 g/mol. The average Bonchev–Trinajstić information content (AvgIpc) is 2.24. The van der Waals surface area contributed by atoms with Crippen LogP contribution in [-0.4, -0.2) is 43.3 Å². The zero-order valence-corrected chi connectivity index (χ0v) is 9.12. The van der Waals surface area contributed by atoms with Gasteiger partial charge in [-0.1, -0.05) is 0 Å². The average molecular weight is 232 g/mol. The number of esters is 1. The van der Waals surface area contributed by atoms with Crippen LogP contribution in [0, 0.1) is 0 Å². The van der Waals surface area contributed by atoms with Crippen LogP contribution in [0.4, 0.5) is 4.79 Å². The highest BCUT2D eigenvalue weighted by Crippen LogP contribution is 1.92. The van der Waals surface area contributed by atoms with E-state index in [9.17, 15) is 14.4 Å². The van der Waals surface area contributed by atoms with Crippen LogP contribution in [0.2, 0.25) is 0 Å². The first kappa shape index (κ1) is 14.2. The number of carbonyl (C=O) groups is 3. The van der Waals surface area contributed by atoms with Crippen LogP contribution in [0.5, 0.6) is 0 Å². The number of nitrogens with one attached hydrogen (secondary N) is 2. The first-order chi connectivity index (χ1) is 7.56. The minimum atomic E-state index is -0.852. The van der Waals surface area contributed by atoms with Crippen LogP contribution in [0.25, 0.3) is 0 Å². The maximum atomic E-state index is 11.0. The van der Waals surface area contributed by atoms with Crippen LogP contribution >= 0.6 is 0 Å². The summed E-state index contributed by atoms with van der Waals surface area (Å²) in [5.41, 5.74) is 0. The van der Waals surface area contributed by atoms with E-state index < -0.39 is 18.0 Å². The molecule has 0 radical (unpaired) electrons. The highest BCUT2D eigenvalue weighted by Gasteiger charge is 2.03. The maximum absolute atomic E-state index is 11.0. The number of carboxylic acid groups (broad SMARTS) is 1. The lowest BCUT2D eigenvalue weighted by atomic mass is 10.2. The Hall–Kier alpha value is -1.79. The van der Waals surface area contributed by atoms with Crippen molar-refractivity contribution in [1.82, 2.24) is 10.6 Å². The molecule has 16 heavy (non-hydrogen) atoms. The Morgan fingerprint density at radius 3 is 2.44 bits per heavy atom. The van der Waals surface area contributed by atoms with Crippen LogP contribution < -0.4 is 10.6 Å². The second-order valence-corrected chi connectivity index (χ2v) is 3.04. The Morgan fingerprint density at radius 1 is 1.19 bits per heavy atom. The largest absolute Gasteiger partial charge is 0.481 e. The quantitative estimate of drug-likeness (QED) is 0.413. The van der Waals surface area contributed by atoms with Gasteiger partial charge in [-0.25, -0.2) is 4.79 Å². The number of hydrogen-bond acceptors (Lipinski definition) is 4. The number of hydrogen-bond donors (Lipinski definition) is 3. The van der Waals surface area contributed by atoms with Gasteiger partial charge in [-0.2, -0.15) is 0 Å². The summed E-state index contributed by atoms with van der Waals surface area (Å²) in [4.78, 5) is 31.8. The Morgan fingerprint density at radius 2 is 1.88 bits per heavy atom. The normalized spacial score (nSPS) is 9.31. The summed E-state index contributed by atoms with van der Waals surface area (Å²) in [5.74, 6) is -1.38. The van der Waals surface area contributed by atoms with Gasteiger partial charge >= 0.3 is 18.0 Å². The van der Waals surface area contributed by atoms with Crippen LogP contribution in [0.3, 0.4) is 0 Å². The molecule has 3 N–H and O–H groups in total. The van der Waals surface area contributed by atoms with E-state index in [-0.39, 0.29) is 13.0 Å². The molecule has 0 aliphatic carbocycles. The third-order valence-electron chi connectivity index (χ3n) is 1.72. The van der Waals surface area contributed by atoms with Crippen molar-refractivity contribution in [3.63, 3.8) is 0 Å². The minimum Gasteiger partial charge on any atom is -0.481 e. The zero-order valence-electron chi connectivity index (χ0n) is 9.12. The first-order valence-corrected chi connectivity index (χ1v) is 4.86. The summed E-state index contributed by atoms with van der Waals surface area (Å²) < 4.78 is 4.32. The van der Waals surface area contributed by atoms with E-state index >= 15 is 0 Å². The van der Waals surface area contributed by atoms with Gasteiger partial charge in [0.15, 0.2) is 0 Å². The number of aliphatic carboxylic acids is 1. The predicted octanol–water partition coefficient (Wildman–Crippen LogP) is -0.286. The minimum absolute atomic E-state index is 0.0887. The molecule has 0 aromatic carbocycles. The van der Waals surface area contributed by atoms with E-state index in [0.29, 0.717) is 19.4 Å². The predicted molar refractivity (Wildman–Crippen MR) is 54.9 cm³/mol. The molecule has 0 aromatic rings. The molecular formula is C9H16N2O5. The summed E-state index contributed by atoms with van der Waals surface area (Å²) >= 11 is 0. The summed E-state index contributed by atoms with van der Waals surface area (Å²) in [7, 11) is 1.23. The van der Waals surface area contributed by atoms with Crippen molar-refractivity contribution >= 4 is 18.0 Å². The number of rotatable bonds is 7. The summed E-state index contributed by atoms with van der Waals surface area (Å²) in [5, 5.41) is 13.1. The molecule has 7 nitrogen and oxygen atoms in total. The number of methoxy groups -OCH3 is 1. The molecule has 2 amide bonds. The van der Waals surface area contributed by atoms with E-state index in [4.69, 9.17) is 5.11 Å². The van der Waals surface area contributed by atoms with Crippen LogP contribution in [0.1, 0.15) is 19.3 Å². The van der Waals surface area contributed by atoms with Gasteiger partial charge in [0.2, 0.25) is 0 Å². The van der Waals surface area contributed by atoms with Gasteiger partial charge in [-0.15, -0.1) is 0 Å². The van der Waals surface area contributed by atoms with Crippen molar-refractivity contribution in [2.45, 2.75) is 19.3 Å². The van der Waals surface area contributed by atoms with Gasteiger partial charge in [-0.3, -0.25) is 9.59 Å². The van der Waals surface area contributed by atoms with E-state index in [1.165, 1.54) is 7.11 Å². The molecule has 0 bridgehead atoms. The molecule has 0 saturated heterocycles. The fourth-order valence-electron chi connectivity index (χ4n) is 0.890. The van der Waals surface area contributed by atoms with Crippen LogP contribution in [0.15, 0.2) is 0 Å². The molecule has 7 heteroatoms. The molecule has 0 spiro atoms. The molecule has 0 atom stereocenters. The fourth-order valence-corrected chi connectivity index (χ4v) is 0.890. The Labute approximate surface area is 93.2 Å². The van der Waals surface area contributed by atoms with Crippen molar-refractivity contribution < 1.29 is 24.2 Å². The zero-order chi connectivity index (χ0) is 12.4. The van der Waals surface area contributed by atoms with E-state index in [2.05, 4.69) is 15.4 Å². The molecule has 92 valence electrons. The van der Waals surface area contributed by atoms with Gasteiger partial charge in [0.05, 0.1) is 7.11 Å². The Balaban J connectivity index is 3.37. The fraction of sp³-hybridized carbons (Fsp3) is 0.667. The highest BCUT2D eigenvalue weighted by atomic mass is 16.5. The number of unbranched alkanes of at least 4 members (excludes halogenated alkanes) is 1. The van der Waals surface area contributed by atoms with Crippen molar-refractivity contribution in [2.75, 3.05) is 20.2 Å². The van der Waals surface area contributed by atoms with Gasteiger partial charge in [0.25, 0.3) is 0 Å². The smallest absolute Gasteiger partial charge is 0.325 e. The summed E-state index contributed by atoms with van der Waals surface area (Å²) in [6.07, 6.45) is 1.18. The second kappa shape index (κ2) is 8.51. The molecule has 0 unspecified atom stereocenters. The number of carboxylic acids is 1. The van der Waals surface area contributed by atoms with E-state index in [0.717, 1.165) is 0 Å². The highest BCUT2D eigenvalue weighted by molar-refractivity contribution is 5.80. The van der Waals surface area contributed by atoms with E-state index in [1.807, 2.05) is 0 Å². The van der Waals surface area contributed by atoms with E-state index in [1.54, 1.807) is 0 Å². The molecule has 0 heterocycles. The van der Waals surface area contributed by atoms with Crippen molar-refractivity contribution in [1.29, 1.82) is 0 Å². The lowest BCUT2D eigenvalue weighted by molar-refractivity contribution is -0.139. The standard InChI is InChI=1S/C9H16N2O5/c1-16-8(14)6-11-9(15)10-5-3-2-4-7(12)13/h2-6H2,1H3,(H,12,13)(H2,10,11,15). The summed E-state index contributed by atoms with van der Waals surface area (Å²) in [6.45, 7) is 0.192. The Kier molecular flexibility index (Phi) is 7.56. The molecule has 0 fully saturated rings. The van der Waals surface area contributed by atoms with Crippen molar-refractivity contribution in [3.05, 3.63) is 0 Å². The maximum Gasteiger partial charge on any atom is 0.325 e. The molecular weight excluding hydrogens is 216 g/mol. The topological polar surface area (TPSA) is 105 Å².